The lowest BCUT2D eigenvalue weighted by atomic mass is 9.93. The summed E-state index contributed by atoms with van der Waals surface area (Å²) in [6.07, 6.45) is 1.48. The zero-order valence-electron chi connectivity index (χ0n) is 15.8. The minimum Gasteiger partial charge on any atom is -0.395 e. The lowest BCUT2D eigenvalue weighted by molar-refractivity contribution is -0.269. The van der Waals surface area contributed by atoms with Crippen molar-refractivity contribution in [2.45, 2.75) is 41.6 Å². The summed E-state index contributed by atoms with van der Waals surface area (Å²) in [4.78, 5) is 8.90. The second-order valence-corrected chi connectivity index (χ2v) is 9.30. The number of halogens is 1. The lowest BCUT2D eigenvalue weighted by Gasteiger charge is -2.52. The molecule has 0 bridgehead atoms. The molecule has 4 heterocycles. The molecular weight excluding hydrogens is 448 g/mol. The van der Waals surface area contributed by atoms with Crippen molar-refractivity contribution in [3.8, 4) is 6.07 Å². The molecule has 2 aliphatic heterocycles. The van der Waals surface area contributed by atoms with E-state index in [0.717, 1.165) is 5.56 Å². The number of hydrazine groups is 1. The highest BCUT2D eigenvalue weighted by molar-refractivity contribution is 7.99. The highest BCUT2D eigenvalue weighted by Crippen LogP contribution is 2.40. The topological polar surface area (TPSA) is 144 Å². The van der Waals surface area contributed by atoms with Crippen LogP contribution in [0.3, 0.4) is 0 Å². The summed E-state index contributed by atoms with van der Waals surface area (Å²) >= 11 is 8.39. The predicted octanol–water partition coefficient (Wildman–Crippen LogP) is 1.45. The number of nitrogens with zero attached hydrogens (tertiary/aromatic N) is 4. The van der Waals surface area contributed by atoms with Gasteiger partial charge in [-0.25, -0.2) is 15.8 Å². The number of thiazole rings is 1. The first-order valence-electron chi connectivity index (χ1n) is 8.97. The van der Waals surface area contributed by atoms with Crippen LogP contribution in [0.25, 0.3) is 5.70 Å². The monoisotopic (exact) mass is 466 g/mol. The molecule has 0 amide bonds. The summed E-state index contributed by atoms with van der Waals surface area (Å²) in [5, 5.41) is 24.3. The summed E-state index contributed by atoms with van der Waals surface area (Å²) in [5.41, 5.74) is 6.94. The molecule has 2 aromatic rings. The van der Waals surface area contributed by atoms with Gasteiger partial charge in [-0.1, -0.05) is 23.4 Å². The number of nitriles is 1. The molecule has 9 nitrogen and oxygen atoms in total. The zero-order chi connectivity index (χ0) is 21.4. The number of aliphatic hydroxyl groups is 1. The van der Waals surface area contributed by atoms with Crippen molar-refractivity contribution in [2.24, 2.45) is 11.6 Å². The molecule has 0 aromatic carbocycles. The van der Waals surface area contributed by atoms with Crippen molar-refractivity contribution >= 4 is 40.4 Å². The van der Waals surface area contributed by atoms with E-state index in [-0.39, 0.29) is 11.8 Å². The first-order valence-corrected chi connectivity index (χ1v) is 11.1. The van der Waals surface area contributed by atoms with Crippen molar-refractivity contribution < 1.29 is 14.6 Å². The second kappa shape index (κ2) is 8.68. The number of rotatable bonds is 5. The Morgan fingerprint density at radius 1 is 1.57 bits per heavy atom. The van der Waals surface area contributed by atoms with Crippen molar-refractivity contribution in [3.63, 3.8) is 0 Å². The third kappa shape index (κ3) is 4.13. The Bertz CT molecular complexity index is 1010. The molecule has 2 aliphatic rings. The summed E-state index contributed by atoms with van der Waals surface area (Å²) in [5.74, 6) is 6.26. The van der Waals surface area contributed by atoms with E-state index in [9.17, 15) is 10.4 Å². The summed E-state index contributed by atoms with van der Waals surface area (Å²) in [6, 6.07) is 3.31. The van der Waals surface area contributed by atoms with E-state index < -0.39 is 23.7 Å². The van der Waals surface area contributed by atoms with Crippen LogP contribution in [0.5, 0.6) is 0 Å². The van der Waals surface area contributed by atoms with E-state index in [1.807, 2.05) is 13.0 Å². The van der Waals surface area contributed by atoms with Crippen LogP contribution >= 0.6 is 34.7 Å². The van der Waals surface area contributed by atoms with Gasteiger partial charge in [0.2, 0.25) is 0 Å². The van der Waals surface area contributed by atoms with Crippen LogP contribution < -0.4 is 11.6 Å². The molecule has 2 aromatic heterocycles. The van der Waals surface area contributed by atoms with Gasteiger partial charge in [-0.2, -0.15) is 5.26 Å². The molecule has 5 N–H and O–H groups in total. The first kappa shape index (κ1) is 21.3. The number of hydrogen-bond donors (Lipinski definition) is 3. The van der Waals surface area contributed by atoms with Gasteiger partial charge in [0.25, 0.3) is 0 Å². The Labute approximate surface area is 186 Å². The summed E-state index contributed by atoms with van der Waals surface area (Å²) < 4.78 is 11.6. The quantitative estimate of drug-likeness (QED) is 0.437. The fourth-order valence-corrected chi connectivity index (χ4v) is 5.39. The molecule has 30 heavy (non-hydrogen) atoms. The zero-order valence-corrected chi connectivity index (χ0v) is 18.2. The highest BCUT2D eigenvalue weighted by atomic mass is 35.5. The van der Waals surface area contributed by atoms with Crippen LogP contribution in [0, 0.1) is 18.3 Å². The average Bonchev–Trinajstić information content (AvgIpc) is 3.13. The molecule has 0 spiro atoms. The second-order valence-electron chi connectivity index (χ2n) is 6.92. The number of pyridine rings is 1. The van der Waals surface area contributed by atoms with Gasteiger partial charge < -0.3 is 25.3 Å². The maximum atomic E-state index is 11.0. The Balaban J connectivity index is 1.56. The fourth-order valence-electron chi connectivity index (χ4n) is 3.30. The van der Waals surface area contributed by atoms with E-state index in [1.165, 1.54) is 34.3 Å². The highest BCUT2D eigenvalue weighted by Gasteiger charge is 2.53. The van der Waals surface area contributed by atoms with Crippen LogP contribution in [-0.2, 0) is 9.47 Å². The average molecular weight is 467 g/mol. The van der Waals surface area contributed by atoms with Crippen LogP contribution in [-0.4, -0.2) is 56.5 Å². The van der Waals surface area contributed by atoms with Gasteiger partial charge in [-0.05, 0) is 18.6 Å². The number of aromatic nitrogens is 2. The summed E-state index contributed by atoms with van der Waals surface area (Å²) in [7, 11) is 0. The van der Waals surface area contributed by atoms with E-state index in [2.05, 4.69) is 16.0 Å². The van der Waals surface area contributed by atoms with E-state index in [1.54, 1.807) is 11.6 Å². The molecule has 158 valence electrons. The number of nitrogens with two attached hydrogens (primary N) is 2. The van der Waals surface area contributed by atoms with Crippen molar-refractivity contribution in [3.05, 3.63) is 45.3 Å². The van der Waals surface area contributed by atoms with Gasteiger partial charge in [0.15, 0.2) is 5.69 Å². The SMILES string of the molecule is Cc1cnc(C#N)c(SC2OC3COC3C(N(N)/C=C(\N)c3nc(Cl)cs3)C2O)c1. The Kier molecular flexibility index (Phi) is 6.17. The Hall–Kier alpha value is -1.91. The Morgan fingerprint density at radius 2 is 2.37 bits per heavy atom. The van der Waals surface area contributed by atoms with E-state index in [4.69, 9.17) is 32.7 Å². The number of aliphatic hydroxyl groups excluding tert-OH is 1. The third-order valence-electron chi connectivity index (χ3n) is 4.79. The molecule has 4 rings (SSSR count). The van der Waals surface area contributed by atoms with Crippen molar-refractivity contribution in [1.29, 1.82) is 5.26 Å². The molecule has 2 saturated heterocycles. The molecule has 5 atom stereocenters. The van der Waals surface area contributed by atoms with Crippen LogP contribution in [0.15, 0.2) is 28.7 Å². The third-order valence-corrected chi connectivity index (χ3v) is 7.19. The minimum absolute atomic E-state index is 0.228. The Morgan fingerprint density at radius 3 is 3.00 bits per heavy atom. The van der Waals surface area contributed by atoms with Gasteiger partial charge in [-0.3, -0.25) is 0 Å². The number of aryl methyl sites for hydroxylation is 1. The minimum atomic E-state index is -1.02. The van der Waals surface area contributed by atoms with Crippen LogP contribution in [0.4, 0.5) is 0 Å². The lowest BCUT2D eigenvalue weighted by Crippen LogP contribution is -2.69. The molecule has 0 radical (unpaired) electrons. The van der Waals surface area contributed by atoms with Crippen LogP contribution in [0.1, 0.15) is 16.3 Å². The first-order chi connectivity index (χ1) is 14.4. The molecule has 0 aliphatic carbocycles. The fraction of sp³-hybridized carbons (Fsp3) is 0.389. The molecule has 5 unspecified atom stereocenters. The van der Waals surface area contributed by atoms with Gasteiger partial charge in [-0.15, -0.1) is 11.3 Å². The van der Waals surface area contributed by atoms with Crippen molar-refractivity contribution in [1.82, 2.24) is 15.0 Å². The smallest absolute Gasteiger partial charge is 0.154 e. The molecule has 12 heteroatoms. The van der Waals surface area contributed by atoms with Crippen LogP contribution in [0.2, 0.25) is 5.15 Å². The largest absolute Gasteiger partial charge is 0.395 e. The van der Waals surface area contributed by atoms with Gasteiger partial charge in [0.05, 0.1) is 12.3 Å². The van der Waals surface area contributed by atoms with E-state index >= 15 is 0 Å². The number of thioether (sulfide) groups is 1. The predicted molar refractivity (Wildman–Crippen MR) is 113 cm³/mol. The molecule has 2 fully saturated rings. The van der Waals surface area contributed by atoms with Gasteiger partial charge in [0.1, 0.15) is 46.0 Å². The standard InChI is InChI=1S/C18H19ClN6O3S2/c1-8-2-12(10(3-20)23-4-8)30-18-15(26)14(16-11(28-18)6-27-16)25(22)5-9(21)17-24-13(19)7-29-17/h2,4-5,7,11,14-16,18,26H,6,21-22H2,1H3/b9-5-. The maximum Gasteiger partial charge on any atom is 0.154 e. The number of ether oxygens (including phenoxy) is 2. The number of fused-ring (bicyclic) bond motifs is 1. The van der Waals surface area contributed by atoms with E-state index in [0.29, 0.717) is 27.4 Å². The van der Waals surface area contributed by atoms with Gasteiger partial charge >= 0.3 is 0 Å². The molecule has 0 saturated carbocycles. The van der Waals surface area contributed by atoms with Gasteiger partial charge in [0, 0.05) is 22.7 Å². The summed E-state index contributed by atoms with van der Waals surface area (Å²) in [6.45, 7) is 2.28. The normalized spacial score (nSPS) is 28.4. The maximum absolute atomic E-state index is 11.0. The number of hydrogen-bond acceptors (Lipinski definition) is 11. The van der Waals surface area contributed by atoms with Crippen molar-refractivity contribution in [2.75, 3.05) is 6.61 Å². The molecular formula is C18H19ClN6O3S2.